The van der Waals surface area contributed by atoms with Crippen LogP contribution in [0.3, 0.4) is 0 Å². The summed E-state index contributed by atoms with van der Waals surface area (Å²) in [6.07, 6.45) is 1.99. The minimum atomic E-state index is -0.285. The second-order valence-corrected chi connectivity index (χ2v) is 5.27. The monoisotopic (exact) mass is 264 g/mol. The first-order valence-electron chi connectivity index (χ1n) is 6.14. The molecule has 0 saturated heterocycles. The van der Waals surface area contributed by atoms with Gasteiger partial charge in [0.15, 0.2) is 0 Å². The van der Waals surface area contributed by atoms with E-state index in [2.05, 4.69) is 30.8 Å². The number of hydrogen-bond acceptors (Lipinski definition) is 3. The van der Waals surface area contributed by atoms with Gasteiger partial charge in [-0.25, -0.2) is 4.79 Å². The van der Waals surface area contributed by atoms with Crippen molar-refractivity contribution < 1.29 is 9.53 Å². The van der Waals surface area contributed by atoms with E-state index in [1.165, 1.54) is 5.56 Å². The van der Waals surface area contributed by atoms with E-state index in [1.807, 2.05) is 17.8 Å². The van der Waals surface area contributed by atoms with Crippen molar-refractivity contribution in [1.82, 2.24) is 0 Å². The van der Waals surface area contributed by atoms with E-state index in [4.69, 9.17) is 4.74 Å². The van der Waals surface area contributed by atoms with Crippen LogP contribution in [0.1, 0.15) is 25.3 Å². The fourth-order valence-electron chi connectivity index (χ4n) is 1.36. The van der Waals surface area contributed by atoms with Crippen LogP contribution in [0.2, 0.25) is 0 Å². The lowest BCUT2D eigenvalue weighted by Crippen LogP contribution is -2.06. The van der Waals surface area contributed by atoms with E-state index in [9.17, 15) is 4.79 Å². The molecule has 1 aromatic rings. The van der Waals surface area contributed by atoms with Crippen LogP contribution in [0.4, 0.5) is 0 Å². The van der Waals surface area contributed by atoms with Gasteiger partial charge in [-0.15, -0.1) is 0 Å². The molecule has 0 N–H and O–H groups in total. The second-order valence-electron chi connectivity index (χ2n) is 4.16. The number of ether oxygens (including phenoxy) is 1. The van der Waals surface area contributed by atoms with Gasteiger partial charge < -0.3 is 4.74 Å². The standard InChI is InChI=1S/C15H20O2S/c1-13(2)15(16)17-10-6-7-11-18-12-14-8-4-3-5-9-14/h3-5,8-9H,1,6-7,10-12H2,2H3. The largest absolute Gasteiger partial charge is 0.462 e. The SMILES string of the molecule is C=C(C)C(=O)OCCCCSCc1ccccc1. The van der Waals surface area contributed by atoms with E-state index < -0.39 is 0 Å². The van der Waals surface area contributed by atoms with Crippen LogP contribution in [-0.2, 0) is 15.3 Å². The molecule has 0 aliphatic heterocycles. The number of benzene rings is 1. The van der Waals surface area contributed by atoms with Gasteiger partial charge in [0.1, 0.15) is 0 Å². The van der Waals surface area contributed by atoms with Gasteiger partial charge in [-0.1, -0.05) is 36.9 Å². The van der Waals surface area contributed by atoms with E-state index in [1.54, 1.807) is 6.92 Å². The van der Waals surface area contributed by atoms with Crippen molar-refractivity contribution in [1.29, 1.82) is 0 Å². The highest BCUT2D eigenvalue weighted by atomic mass is 32.2. The van der Waals surface area contributed by atoms with Crippen molar-refractivity contribution in [2.45, 2.75) is 25.5 Å². The molecule has 0 fully saturated rings. The van der Waals surface area contributed by atoms with Crippen LogP contribution in [0.15, 0.2) is 42.5 Å². The van der Waals surface area contributed by atoms with Gasteiger partial charge in [0.2, 0.25) is 0 Å². The molecule has 0 spiro atoms. The molecule has 98 valence electrons. The first-order valence-corrected chi connectivity index (χ1v) is 7.30. The van der Waals surface area contributed by atoms with Crippen LogP contribution < -0.4 is 0 Å². The number of thioether (sulfide) groups is 1. The molecule has 0 aliphatic rings. The predicted molar refractivity (Wildman–Crippen MR) is 77.6 cm³/mol. The Labute approximate surface area is 113 Å². The van der Waals surface area contributed by atoms with Crippen LogP contribution in [0.25, 0.3) is 0 Å². The minimum Gasteiger partial charge on any atom is -0.462 e. The molecule has 0 amide bonds. The summed E-state index contributed by atoms with van der Waals surface area (Å²) in [5, 5.41) is 0. The maximum absolute atomic E-state index is 11.1. The van der Waals surface area contributed by atoms with Crippen molar-refractivity contribution in [3.63, 3.8) is 0 Å². The van der Waals surface area contributed by atoms with Crippen LogP contribution in [-0.4, -0.2) is 18.3 Å². The summed E-state index contributed by atoms with van der Waals surface area (Å²) >= 11 is 1.91. The molecule has 0 aromatic heterocycles. The molecule has 0 unspecified atom stereocenters. The third-order valence-corrected chi connectivity index (χ3v) is 3.49. The zero-order valence-electron chi connectivity index (χ0n) is 10.9. The average molecular weight is 264 g/mol. The first-order chi connectivity index (χ1) is 8.70. The lowest BCUT2D eigenvalue weighted by molar-refractivity contribution is -0.139. The van der Waals surface area contributed by atoms with Crippen LogP contribution in [0, 0.1) is 0 Å². The number of hydrogen-bond donors (Lipinski definition) is 0. The summed E-state index contributed by atoms with van der Waals surface area (Å²) in [7, 11) is 0. The summed E-state index contributed by atoms with van der Waals surface area (Å²) in [5.74, 6) is 1.86. The van der Waals surface area contributed by atoms with Crippen LogP contribution in [0.5, 0.6) is 0 Å². The number of carbonyl (C=O) groups excluding carboxylic acids is 1. The topological polar surface area (TPSA) is 26.3 Å². The average Bonchev–Trinajstić information content (AvgIpc) is 2.38. The summed E-state index contributed by atoms with van der Waals surface area (Å²) < 4.78 is 5.02. The molecule has 0 radical (unpaired) electrons. The summed E-state index contributed by atoms with van der Waals surface area (Å²) in [6.45, 7) is 5.70. The van der Waals surface area contributed by atoms with Gasteiger partial charge in [-0.05, 0) is 31.1 Å². The number of esters is 1. The van der Waals surface area contributed by atoms with Gasteiger partial charge in [-0.2, -0.15) is 11.8 Å². The molecular weight excluding hydrogens is 244 g/mol. The zero-order chi connectivity index (χ0) is 13.2. The summed E-state index contributed by atoms with van der Waals surface area (Å²) in [5.41, 5.74) is 1.82. The Hall–Kier alpha value is -1.22. The number of carbonyl (C=O) groups is 1. The van der Waals surface area contributed by atoms with E-state index in [0.29, 0.717) is 12.2 Å². The highest BCUT2D eigenvalue weighted by molar-refractivity contribution is 7.98. The zero-order valence-corrected chi connectivity index (χ0v) is 11.7. The third-order valence-electron chi connectivity index (χ3n) is 2.38. The normalized spacial score (nSPS) is 10.1. The molecule has 1 aromatic carbocycles. The maximum Gasteiger partial charge on any atom is 0.333 e. The quantitative estimate of drug-likeness (QED) is 0.405. The van der Waals surface area contributed by atoms with Gasteiger partial charge in [-0.3, -0.25) is 0 Å². The Bertz CT molecular complexity index is 373. The van der Waals surface area contributed by atoms with Crippen molar-refractivity contribution in [2.75, 3.05) is 12.4 Å². The van der Waals surface area contributed by atoms with Crippen molar-refractivity contribution in [3.8, 4) is 0 Å². The summed E-state index contributed by atoms with van der Waals surface area (Å²) in [4.78, 5) is 11.1. The molecule has 3 heteroatoms. The molecule has 0 bridgehead atoms. The Morgan fingerprint density at radius 2 is 2.00 bits per heavy atom. The number of rotatable bonds is 8. The fraction of sp³-hybridized carbons (Fsp3) is 0.400. The van der Waals surface area contributed by atoms with Gasteiger partial charge in [0.25, 0.3) is 0 Å². The highest BCUT2D eigenvalue weighted by Crippen LogP contribution is 2.13. The van der Waals surface area contributed by atoms with Crippen molar-refractivity contribution in [2.24, 2.45) is 0 Å². The molecule has 18 heavy (non-hydrogen) atoms. The van der Waals surface area contributed by atoms with Gasteiger partial charge in [0, 0.05) is 11.3 Å². The van der Waals surface area contributed by atoms with Crippen molar-refractivity contribution >= 4 is 17.7 Å². The minimum absolute atomic E-state index is 0.285. The third kappa shape index (κ3) is 6.50. The Morgan fingerprint density at radius 1 is 1.28 bits per heavy atom. The predicted octanol–water partition coefficient (Wildman–Crippen LogP) is 3.82. The lowest BCUT2D eigenvalue weighted by Gasteiger charge is -2.04. The molecule has 0 saturated carbocycles. The van der Waals surface area contributed by atoms with E-state index >= 15 is 0 Å². The van der Waals surface area contributed by atoms with Gasteiger partial charge >= 0.3 is 5.97 Å². The Balaban J connectivity index is 1.96. The maximum atomic E-state index is 11.1. The molecular formula is C15H20O2S. The molecule has 0 heterocycles. The smallest absolute Gasteiger partial charge is 0.333 e. The molecule has 2 nitrogen and oxygen atoms in total. The second kappa shape index (κ2) is 8.81. The Kier molecular flexibility index (Phi) is 7.26. The van der Waals surface area contributed by atoms with E-state index in [0.717, 1.165) is 24.3 Å². The fourth-order valence-corrected chi connectivity index (χ4v) is 2.34. The van der Waals surface area contributed by atoms with Gasteiger partial charge in [0.05, 0.1) is 6.61 Å². The van der Waals surface area contributed by atoms with Crippen molar-refractivity contribution in [3.05, 3.63) is 48.0 Å². The molecule has 0 aliphatic carbocycles. The highest BCUT2D eigenvalue weighted by Gasteiger charge is 2.01. The molecule has 1 rings (SSSR count). The van der Waals surface area contributed by atoms with Crippen LogP contribution >= 0.6 is 11.8 Å². The van der Waals surface area contributed by atoms with E-state index in [-0.39, 0.29) is 5.97 Å². The first kappa shape index (κ1) is 14.8. The summed E-state index contributed by atoms with van der Waals surface area (Å²) in [6, 6.07) is 10.4. The number of unbranched alkanes of at least 4 members (excludes halogenated alkanes) is 1. The molecule has 0 atom stereocenters. The lowest BCUT2D eigenvalue weighted by atomic mass is 10.2. The Morgan fingerprint density at radius 3 is 2.67 bits per heavy atom.